The van der Waals surface area contributed by atoms with E-state index in [2.05, 4.69) is 5.32 Å². The van der Waals surface area contributed by atoms with Crippen LogP contribution < -0.4 is 24.4 Å². The Balaban J connectivity index is 1.41. The van der Waals surface area contributed by atoms with Crippen molar-refractivity contribution in [3.63, 3.8) is 0 Å². The minimum atomic E-state index is -1.40. The molecule has 0 radical (unpaired) electrons. The molecule has 8 nitrogen and oxygen atoms in total. The summed E-state index contributed by atoms with van der Waals surface area (Å²) in [5, 5.41) is 3.07. The van der Waals surface area contributed by atoms with Gasteiger partial charge in [0.05, 0.1) is 19.1 Å². The molecule has 4 heterocycles. The molecule has 1 spiro atoms. The van der Waals surface area contributed by atoms with Crippen LogP contribution in [0.25, 0.3) is 5.57 Å². The number of nitrogens with one attached hydrogen (secondary N) is 1. The Bertz CT molecular complexity index is 1910. The van der Waals surface area contributed by atoms with Crippen LogP contribution in [0.1, 0.15) is 38.8 Å². The van der Waals surface area contributed by atoms with Crippen LogP contribution in [0.5, 0.6) is 17.2 Å². The minimum absolute atomic E-state index is 0.0609. The molecule has 0 bridgehead atoms. The van der Waals surface area contributed by atoms with Crippen LogP contribution in [0.2, 0.25) is 0 Å². The SMILES string of the molecule is COc1ccc(C(=O)[C@H]2[C@@H](C(=O)c3ccc4c(c3)OCO4)[C@@]3(C(=O)Nc4ccccc43)[C@@H]3C=C(C)c4ccccc4N32)cc1. The Morgan fingerprint density at radius 2 is 1.61 bits per heavy atom. The number of para-hydroxylation sites is 2. The number of methoxy groups -OCH3 is 1. The molecule has 1 amide bonds. The molecule has 44 heavy (non-hydrogen) atoms. The number of carbonyl (C=O) groups excluding carboxylic acids is 3. The molecule has 1 fully saturated rings. The summed E-state index contributed by atoms with van der Waals surface area (Å²) < 4.78 is 16.5. The van der Waals surface area contributed by atoms with Crippen molar-refractivity contribution >= 4 is 34.4 Å². The third kappa shape index (κ3) is 3.48. The number of hydrogen-bond donors (Lipinski definition) is 1. The number of nitrogens with zero attached hydrogens (tertiary/aromatic N) is 1. The summed E-state index contributed by atoms with van der Waals surface area (Å²) in [5.74, 6) is -0.351. The van der Waals surface area contributed by atoms with E-state index >= 15 is 4.79 Å². The molecule has 4 aliphatic heterocycles. The molecule has 4 atom stereocenters. The van der Waals surface area contributed by atoms with Crippen LogP contribution >= 0.6 is 0 Å². The van der Waals surface area contributed by atoms with E-state index in [0.717, 1.165) is 16.8 Å². The van der Waals surface area contributed by atoms with Gasteiger partial charge < -0.3 is 24.4 Å². The zero-order valence-electron chi connectivity index (χ0n) is 24.1. The van der Waals surface area contributed by atoms with Crippen LogP contribution in [0.4, 0.5) is 11.4 Å². The van der Waals surface area contributed by atoms with Gasteiger partial charge in [0.25, 0.3) is 0 Å². The van der Waals surface area contributed by atoms with Gasteiger partial charge >= 0.3 is 0 Å². The Morgan fingerprint density at radius 1 is 0.886 bits per heavy atom. The number of benzene rings is 4. The van der Waals surface area contributed by atoms with Gasteiger partial charge in [0.15, 0.2) is 23.1 Å². The third-order valence-electron chi connectivity index (χ3n) is 9.47. The molecular weight excluding hydrogens is 556 g/mol. The standard InChI is InChI=1S/C36H28N2O6/c1-20-17-30-36(25-8-4-5-9-26(25)37-35(36)41)31(33(39)22-13-16-28-29(18-22)44-19-43-28)32(38(30)27-10-6-3-7-24(20)27)34(40)21-11-14-23(42-2)15-12-21/h3-18,30-32H,19H2,1-2H3,(H,37,41)/t30-,31-,32+,36-/m0/s1. The molecule has 8 heteroatoms. The zero-order valence-corrected chi connectivity index (χ0v) is 24.1. The van der Waals surface area contributed by atoms with Crippen LogP contribution in [0.15, 0.2) is 97.1 Å². The van der Waals surface area contributed by atoms with Gasteiger partial charge in [-0.25, -0.2) is 0 Å². The first-order chi connectivity index (χ1) is 21.4. The maximum atomic E-state index is 15.1. The van der Waals surface area contributed by atoms with Gasteiger partial charge in [-0.05, 0) is 72.7 Å². The summed E-state index contributed by atoms with van der Waals surface area (Å²) in [6.07, 6.45) is 2.05. The molecule has 0 saturated carbocycles. The highest BCUT2D eigenvalue weighted by atomic mass is 16.7. The number of amides is 1. The number of Topliss-reactive ketones (excluding diaryl/α,β-unsaturated/α-hetero) is 2. The van der Waals surface area contributed by atoms with Crippen LogP contribution in [-0.4, -0.2) is 43.5 Å². The highest BCUT2D eigenvalue weighted by Crippen LogP contribution is 2.59. The van der Waals surface area contributed by atoms with Gasteiger partial charge in [0, 0.05) is 28.1 Å². The van der Waals surface area contributed by atoms with Gasteiger partial charge in [-0.15, -0.1) is 0 Å². The second-order valence-corrected chi connectivity index (χ2v) is 11.5. The topological polar surface area (TPSA) is 94.2 Å². The van der Waals surface area contributed by atoms with Crippen molar-refractivity contribution in [3.8, 4) is 17.2 Å². The van der Waals surface area contributed by atoms with Crippen molar-refractivity contribution < 1.29 is 28.6 Å². The molecule has 218 valence electrons. The first-order valence-corrected chi connectivity index (χ1v) is 14.5. The van der Waals surface area contributed by atoms with E-state index in [-0.39, 0.29) is 24.3 Å². The van der Waals surface area contributed by atoms with Crippen molar-refractivity contribution in [2.24, 2.45) is 5.92 Å². The maximum Gasteiger partial charge on any atom is 0.238 e. The second kappa shape index (κ2) is 9.57. The van der Waals surface area contributed by atoms with Gasteiger partial charge in [-0.2, -0.15) is 0 Å². The summed E-state index contributed by atoms with van der Waals surface area (Å²) in [6.45, 7) is 2.07. The maximum absolute atomic E-state index is 15.1. The molecule has 4 aromatic carbocycles. The summed E-state index contributed by atoms with van der Waals surface area (Å²) in [4.78, 5) is 46.5. The lowest BCUT2D eigenvalue weighted by Gasteiger charge is -2.39. The summed E-state index contributed by atoms with van der Waals surface area (Å²) in [7, 11) is 1.57. The fourth-order valence-electron chi connectivity index (χ4n) is 7.54. The van der Waals surface area contributed by atoms with Crippen LogP contribution in [-0.2, 0) is 10.2 Å². The molecule has 8 rings (SSSR count). The fourth-order valence-corrected chi connectivity index (χ4v) is 7.54. The Morgan fingerprint density at radius 3 is 2.43 bits per heavy atom. The quantitative estimate of drug-likeness (QED) is 0.302. The zero-order chi connectivity index (χ0) is 30.2. The highest BCUT2D eigenvalue weighted by Gasteiger charge is 2.70. The predicted octanol–water partition coefficient (Wildman–Crippen LogP) is 5.67. The van der Waals surface area contributed by atoms with Crippen molar-refractivity contribution in [2.45, 2.75) is 24.4 Å². The molecule has 1 saturated heterocycles. The monoisotopic (exact) mass is 584 g/mol. The number of anilines is 2. The summed E-state index contributed by atoms with van der Waals surface area (Å²) >= 11 is 0. The normalized spacial score (nSPS) is 23.9. The van der Waals surface area contributed by atoms with E-state index in [0.29, 0.717) is 39.6 Å². The van der Waals surface area contributed by atoms with Crippen molar-refractivity contribution in [2.75, 3.05) is 24.1 Å². The third-order valence-corrected chi connectivity index (χ3v) is 9.47. The first kappa shape index (κ1) is 26.3. The molecule has 1 N–H and O–H groups in total. The van der Waals surface area contributed by atoms with E-state index in [4.69, 9.17) is 14.2 Å². The van der Waals surface area contributed by atoms with Gasteiger partial charge in [-0.1, -0.05) is 42.5 Å². The minimum Gasteiger partial charge on any atom is -0.497 e. The number of rotatable bonds is 5. The average Bonchev–Trinajstić information content (AvgIpc) is 3.73. The van der Waals surface area contributed by atoms with E-state index in [1.54, 1.807) is 49.6 Å². The van der Waals surface area contributed by atoms with Crippen molar-refractivity contribution in [1.82, 2.24) is 0 Å². The number of hydrogen-bond acceptors (Lipinski definition) is 7. The largest absolute Gasteiger partial charge is 0.497 e. The number of carbonyl (C=O) groups is 3. The number of fused-ring (bicyclic) bond motifs is 7. The summed E-state index contributed by atoms with van der Waals surface area (Å²) in [5.41, 5.74) is 3.45. The van der Waals surface area contributed by atoms with E-state index < -0.39 is 23.4 Å². The van der Waals surface area contributed by atoms with Gasteiger partial charge in [0.1, 0.15) is 17.2 Å². The lowest BCUT2D eigenvalue weighted by molar-refractivity contribution is -0.121. The number of ether oxygens (including phenoxy) is 3. The van der Waals surface area contributed by atoms with Crippen molar-refractivity contribution in [1.29, 1.82) is 0 Å². The molecular formula is C36H28N2O6. The second-order valence-electron chi connectivity index (χ2n) is 11.5. The average molecular weight is 585 g/mol. The van der Waals surface area contributed by atoms with E-state index in [1.165, 1.54) is 0 Å². The number of ketones is 2. The van der Waals surface area contributed by atoms with E-state index in [1.807, 2.05) is 66.4 Å². The molecule has 0 unspecified atom stereocenters. The first-order valence-electron chi connectivity index (χ1n) is 14.5. The lowest BCUT2D eigenvalue weighted by Crippen LogP contribution is -2.51. The smallest absolute Gasteiger partial charge is 0.238 e. The molecule has 0 aliphatic carbocycles. The highest BCUT2D eigenvalue weighted by molar-refractivity contribution is 6.18. The summed E-state index contributed by atoms with van der Waals surface area (Å²) in [6, 6.07) is 25.6. The van der Waals surface area contributed by atoms with E-state index in [9.17, 15) is 9.59 Å². The Hall–Kier alpha value is -5.37. The van der Waals surface area contributed by atoms with Crippen LogP contribution in [0, 0.1) is 5.92 Å². The molecule has 4 aliphatic rings. The molecule has 0 aromatic heterocycles. The molecule has 4 aromatic rings. The van der Waals surface area contributed by atoms with Gasteiger partial charge in [0.2, 0.25) is 12.7 Å². The lowest BCUT2D eigenvalue weighted by atomic mass is 9.64. The fraction of sp³-hybridized carbons (Fsp3) is 0.194. The predicted molar refractivity (Wildman–Crippen MR) is 165 cm³/mol. The van der Waals surface area contributed by atoms with Gasteiger partial charge in [-0.3, -0.25) is 14.4 Å². The number of allylic oxidation sites excluding steroid dienone is 1. The van der Waals surface area contributed by atoms with Crippen LogP contribution in [0.3, 0.4) is 0 Å². The Labute approximate surface area is 253 Å². The van der Waals surface area contributed by atoms with Crippen molar-refractivity contribution in [3.05, 3.63) is 119 Å². The Kier molecular flexibility index (Phi) is 5.71.